The Balaban J connectivity index is -0.0000000575. The monoisotopic (exact) mass is 191 g/mol. The third-order valence-corrected chi connectivity index (χ3v) is 0.707. The standard InChI is InChI=1S/C3H5.C2H6O.BrH.Mg/c1-3-2;1-2-3;;/h1,3H,2H3;3H,2H2,1H3;1H;/q;;;+2. The molecule has 0 aliphatic carbocycles. The van der Waals surface area contributed by atoms with Crippen molar-refractivity contribution in [3.8, 4) is 0 Å². The van der Waals surface area contributed by atoms with Crippen molar-refractivity contribution in [2.75, 3.05) is 6.61 Å². The fourth-order valence-corrected chi connectivity index (χ4v) is 0. The van der Waals surface area contributed by atoms with Crippen LogP contribution in [0.5, 0.6) is 0 Å². The van der Waals surface area contributed by atoms with Crippen LogP contribution >= 0.6 is 17.0 Å². The first-order chi connectivity index (χ1) is 3.33. The Bertz CT molecular complexity index is 35.4. The van der Waals surface area contributed by atoms with Gasteiger partial charge in [0.25, 0.3) is 4.21 Å². The van der Waals surface area contributed by atoms with Crippen molar-refractivity contribution in [1.29, 1.82) is 0 Å². The minimum Gasteiger partial charge on any atom is -0.397 e. The van der Waals surface area contributed by atoms with Crippen LogP contribution in [0.25, 0.3) is 0 Å². The molecule has 0 saturated heterocycles. The first-order valence-corrected chi connectivity index (χ1v) is 3.16. The number of halogens is 1. The van der Waals surface area contributed by atoms with Crippen LogP contribution in [0.1, 0.15) is 13.8 Å². The quantitative estimate of drug-likeness (QED) is 0.573. The molecule has 0 unspecified atom stereocenters. The number of aliphatic hydroxyl groups excluding tert-OH is 1. The van der Waals surface area contributed by atoms with Crippen LogP contribution in [0.4, 0.5) is 0 Å². The van der Waals surface area contributed by atoms with Crippen molar-refractivity contribution < 1.29 is 5.11 Å². The minimum absolute atomic E-state index is 0. The third kappa shape index (κ3) is 64.8. The molecule has 0 aliphatic heterocycles. The molecular formula is C5H12BrMgO+2. The summed E-state index contributed by atoms with van der Waals surface area (Å²) in [6.45, 7) is 3.94. The Morgan fingerprint density at radius 3 is 1.75 bits per heavy atom. The summed E-state index contributed by atoms with van der Waals surface area (Å²) < 4.78 is 2.03. The maximum Gasteiger partial charge on any atom is 1.46 e. The smallest absolute Gasteiger partial charge is 0.397 e. The first kappa shape index (κ1) is 16.0. The van der Waals surface area contributed by atoms with Crippen LogP contribution in [0.3, 0.4) is 0 Å². The van der Waals surface area contributed by atoms with E-state index in [2.05, 4.69) is 0 Å². The van der Waals surface area contributed by atoms with Crippen molar-refractivity contribution in [3.63, 3.8) is 0 Å². The average Bonchev–Trinajstić information content (AvgIpc) is 1.69. The lowest BCUT2D eigenvalue weighted by atomic mass is 10.8. The van der Waals surface area contributed by atoms with Crippen LogP contribution in [0.2, 0.25) is 0 Å². The number of hydrogen-bond acceptors (Lipinski definition) is 1. The number of allylic oxidation sites excluding steroid dienone is 1. The van der Waals surface area contributed by atoms with E-state index in [4.69, 9.17) is 5.11 Å². The predicted molar refractivity (Wildman–Crippen MR) is 43.6 cm³/mol. The fourth-order valence-electron chi connectivity index (χ4n) is 0. The second-order valence-electron chi connectivity index (χ2n) is 0.885. The van der Waals surface area contributed by atoms with E-state index in [0.717, 1.165) is 0 Å². The summed E-state index contributed by atoms with van der Waals surface area (Å²) in [5, 5.41) is 7.57. The van der Waals surface area contributed by atoms with E-state index in [9.17, 15) is 0 Å². The second kappa shape index (κ2) is 24.6. The molecule has 0 heterocycles. The molecule has 3 heteroatoms. The predicted octanol–water partition coefficient (Wildman–Crippen LogP) is 1.27. The highest BCUT2D eigenvalue weighted by Crippen LogP contribution is 1.50. The highest BCUT2D eigenvalue weighted by atomic mass is 79.9. The molecule has 0 atom stereocenters. The Morgan fingerprint density at radius 1 is 1.62 bits per heavy atom. The molecule has 0 saturated carbocycles. The normalized spacial score (nSPS) is 7.00. The van der Waals surface area contributed by atoms with E-state index in [1.807, 2.05) is 38.9 Å². The van der Waals surface area contributed by atoms with Crippen molar-refractivity contribution in [2.24, 2.45) is 0 Å². The van der Waals surface area contributed by atoms with Gasteiger partial charge in [-0.25, -0.2) is 0 Å². The highest BCUT2D eigenvalue weighted by Gasteiger charge is 2.12. The van der Waals surface area contributed by atoms with Crippen LogP contribution in [-0.4, -0.2) is 33.4 Å². The molecule has 0 amide bonds. The third-order valence-electron chi connectivity index (χ3n) is 0.236. The molecule has 8 heavy (non-hydrogen) atoms. The summed E-state index contributed by atoms with van der Waals surface area (Å²) in [5.41, 5.74) is 0. The second-order valence-corrected chi connectivity index (χ2v) is 1.36. The zero-order valence-corrected chi connectivity index (χ0v) is 8.55. The van der Waals surface area contributed by atoms with Gasteiger partial charge in [-0.15, -0.1) is 17.0 Å². The zero-order chi connectivity index (χ0) is 6.12. The van der Waals surface area contributed by atoms with Crippen LogP contribution in [-0.2, 0) is 0 Å². The number of rotatable bonds is 0. The SMILES string of the molecule is Br.CC=[CH][Mg+2].CCO. The summed E-state index contributed by atoms with van der Waals surface area (Å²) in [7, 11) is 0. The van der Waals surface area contributed by atoms with Gasteiger partial charge in [0, 0.05) is 6.61 Å². The molecule has 0 aromatic rings. The Hall–Kier alpha value is 0.946. The Kier molecular flexibility index (Phi) is 49.2. The molecule has 1 N–H and O–H groups in total. The molecule has 0 fully saturated rings. The Labute approximate surface area is 74.4 Å². The van der Waals surface area contributed by atoms with Crippen LogP contribution in [0, 0.1) is 0 Å². The van der Waals surface area contributed by atoms with Crippen molar-refractivity contribution in [2.45, 2.75) is 13.8 Å². The summed E-state index contributed by atoms with van der Waals surface area (Å²) in [4.78, 5) is 0. The molecular weight excluding hydrogens is 180 g/mol. The van der Waals surface area contributed by atoms with Gasteiger partial charge in [-0.2, -0.15) is 0 Å². The van der Waals surface area contributed by atoms with Gasteiger partial charge in [-0.05, 0) is 19.9 Å². The maximum absolute atomic E-state index is 7.57. The van der Waals surface area contributed by atoms with Gasteiger partial charge in [-0.3, -0.25) is 0 Å². The Morgan fingerprint density at radius 2 is 1.75 bits per heavy atom. The van der Waals surface area contributed by atoms with Crippen molar-refractivity contribution in [3.05, 3.63) is 10.3 Å². The highest BCUT2D eigenvalue weighted by molar-refractivity contribution is 8.93. The van der Waals surface area contributed by atoms with E-state index < -0.39 is 0 Å². The van der Waals surface area contributed by atoms with Gasteiger partial charge >= 0.3 is 21.7 Å². The van der Waals surface area contributed by atoms with Crippen LogP contribution < -0.4 is 0 Å². The van der Waals surface area contributed by atoms with Crippen molar-refractivity contribution >= 4 is 38.7 Å². The van der Waals surface area contributed by atoms with E-state index in [0.29, 0.717) is 0 Å². The lowest BCUT2D eigenvalue weighted by Gasteiger charge is -1.52. The fraction of sp³-hybridized carbons (Fsp3) is 0.600. The lowest BCUT2D eigenvalue weighted by Crippen LogP contribution is -1.57. The minimum atomic E-state index is 0. The molecule has 0 aliphatic rings. The molecule has 0 rings (SSSR count). The number of aliphatic hydroxyl groups is 1. The summed E-state index contributed by atoms with van der Waals surface area (Å²) in [6, 6.07) is 0. The van der Waals surface area contributed by atoms with Gasteiger partial charge in [0.15, 0.2) is 0 Å². The maximum atomic E-state index is 7.57. The van der Waals surface area contributed by atoms with Gasteiger partial charge < -0.3 is 5.11 Å². The molecule has 0 spiro atoms. The number of hydrogen-bond donors (Lipinski definition) is 1. The van der Waals surface area contributed by atoms with Gasteiger partial charge in [0.1, 0.15) is 0 Å². The summed E-state index contributed by atoms with van der Waals surface area (Å²) >= 11 is 1.84. The summed E-state index contributed by atoms with van der Waals surface area (Å²) in [5.74, 6) is 0. The van der Waals surface area contributed by atoms with E-state index in [1.165, 1.54) is 0 Å². The van der Waals surface area contributed by atoms with Gasteiger partial charge in [-0.1, -0.05) is 0 Å². The van der Waals surface area contributed by atoms with E-state index in [1.54, 1.807) is 6.92 Å². The van der Waals surface area contributed by atoms with Crippen LogP contribution in [0.15, 0.2) is 10.3 Å². The van der Waals surface area contributed by atoms with Gasteiger partial charge in [0.2, 0.25) is 0 Å². The van der Waals surface area contributed by atoms with E-state index >= 15 is 0 Å². The van der Waals surface area contributed by atoms with E-state index in [-0.39, 0.29) is 23.6 Å². The zero-order valence-electron chi connectivity index (χ0n) is 5.42. The molecule has 0 bridgehead atoms. The first-order valence-electron chi connectivity index (χ1n) is 2.34. The molecule has 7 radical (unpaired) electrons. The topological polar surface area (TPSA) is 20.2 Å². The average molecular weight is 192 g/mol. The largest absolute Gasteiger partial charge is 1.46 e. The molecule has 45 valence electrons. The lowest BCUT2D eigenvalue weighted by molar-refractivity contribution is 0.318. The van der Waals surface area contributed by atoms with Crippen molar-refractivity contribution in [1.82, 2.24) is 0 Å². The molecule has 0 aromatic heterocycles. The summed E-state index contributed by atoms with van der Waals surface area (Å²) in [6.07, 6.45) is 2.01. The molecule has 1 nitrogen and oxygen atoms in total. The van der Waals surface area contributed by atoms with Gasteiger partial charge in [0.05, 0.1) is 0 Å². The molecule has 0 aromatic carbocycles.